The maximum absolute atomic E-state index is 11.0. The SMILES string of the molecule is CCNC1CC[C@H]2[C@@H]3C(O)C=C4CC(O)CC[C@]4(C)[C@@H]3CC[C@]12C. The molecule has 0 spiro atoms. The van der Waals surface area contributed by atoms with Crippen LogP contribution in [0.2, 0.25) is 0 Å². The molecule has 136 valence electrons. The first-order valence-corrected chi connectivity index (χ1v) is 10.2. The lowest BCUT2D eigenvalue weighted by atomic mass is 9.47. The minimum atomic E-state index is -0.312. The van der Waals surface area contributed by atoms with E-state index in [2.05, 4.69) is 32.2 Å². The molecule has 4 aliphatic rings. The van der Waals surface area contributed by atoms with Gasteiger partial charge in [0.15, 0.2) is 0 Å². The van der Waals surface area contributed by atoms with E-state index < -0.39 is 0 Å². The van der Waals surface area contributed by atoms with E-state index in [4.69, 9.17) is 0 Å². The van der Waals surface area contributed by atoms with Gasteiger partial charge in [0, 0.05) is 6.04 Å². The molecule has 0 bridgehead atoms. The third kappa shape index (κ3) is 2.27. The summed E-state index contributed by atoms with van der Waals surface area (Å²) in [6.45, 7) is 8.16. The average Bonchev–Trinajstić information content (AvgIpc) is 2.87. The van der Waals surface area contributed by atoms with Gasteiger partial charge in [-0.15, -0.1) is 0 Å². The fourth-order valence-electron chi connectivity index (χ4n) is 7.21. The monoisotopic (exact) mass is 333 g/mol. The van der Waals surface area contributed by atoms with Crippen molar-refractivity contribution in [3.63, 3.8) is 0 Å². The number of aliphatic hydroxyl groups is 2. The van der Waals surface area contributed by atoms with E-state index >= 15 is 0 Å². The summed E-state index contributed by atoms with van der Waals surface area (Å²) in [6.07, 6.45) is 9.47. The van der Waals surface area contributed by atoms with Crippen LogP contribution in [-0.2, 0) is 0 Å². The fraction of sp³-hybridized carbons (Fsp3) is 0.905. The summed E-state index contributed by atoms with van der Waals surface area (Å²) in [7, 11) is 0. The Morgan fingerprint density at radius 1 is 1.08 bits per heavy atom. The molecule has 3 N–H and O–H groups in total. The minimum Gasteiger partial charge on any atom is -0.393 e. The van der Waals surface area contributed by atoms with E-state index in [0.717, 1.165) is 25.8 Å². The zero-order valence-electron chi connectivity index (χ0n) is 15.6. The van der Waals surface area contributed by atoms with Gasteiger partial charge in [-0.05, 0) is 80.1 Å². The highest BCUT2D eigenvalue weighted by Gasteiger charge is 2.60. The summed E-state index contributed by atoms with van der Waals surface area (Å²) in [6, 6.07) is 0.618. The molecule has 0 heterocycles. The van der Waals surface area contributed by atoms with Crippen LogP contribution in [-0.4, -0.2) is 35.0 Å². The van der Waals surface area contributed by atoms with E-state index in [0.29, 0.717) is 29.2 Å². The number of rotatable bonds is 2. The standard InChI is InChI=1S/C21H35NO2/c1-4-22-18-6-5-15-19-16(8-10-21(15,18)3)20(2)9-7-14(23)11-13(20)12-17(19)24/h12,14-19,22-24H,4-11H2,1-3H3/t14?,15-,16+,17?,18?,19-,20-,21-/m0/s1. The molecule has 24 heavy (non-hydrogen) atoms. The van der Waals surface area contributed by atoms with Crippen molar-refractivity contribution in [3.05, 3.63) is 11.6 Å². The van der Waals surface area contributed by atoms with Gasteiger partial charge in [0.25, 0.3) is 0 Å². The number of hydrogen-bond acceptors (Lipinski definition) is 3. The third-order valence-corrected chi connectivity index (χ3v) is 8.55. The lowest BCUT2D eigenvalue weighted by Crippen LogP contribution is -2.56. The van der Waals surface area contributed by atoms with Crippen molar-refractivity contribution in [1.82, 2.24) is 5.32 Å². The van der Waals surface area contributed by atoms with Crippen LogP contribution in [0.25, 0.3) is 0 Å². The van der Waals surface area contributed by atoms with Crippen LogP contribution in [0.3, 0.4) is 0 Å². The number of fused-ring (bicyclic) bond motifs is 5. The van der Waals surface area contributed by atoms with Crippen LogP contribution >= 0.6 is 0 Å². The van der Waals surface area contributed by atoms with E-state index in [9.17, 15) is 10.2 Å². The predicted octanol–water partition coefficient (Wildman–Crippen LogP) is 3.26. The molecule has 3 saturated carbocycles. The van der Waals surface area contributed by atoms with Gasteiger partial charge < -0.3 is 15.5 Å². The van der Waals surface area contributed by atoms with Crippen molar-refractivity contribution < 1.29 is 10.2 Å². The molecule has 0 radical (unpaired) electrons. The lowest BCUT2D eigenvalue weighted by molar-refractivity contribution is -0.0874. The maximum atomic E-state index is 11.0. The van der Waals surface area contributed by atoms with E-state index in [1.54, 1.807) is 0 Å². The van der Waals surface area contributed by atoms with Gasteiger partial charge in [0.05, 0.1) is 12.2 Å². The zero-order valence-corrected chi connectivity index (χ0v) is 15.6. The first-order chi connectivity index (χ1) is 11.4. The third-order valence-electron chi connectivity index (χ3n) is 8.55. The Morgan fingerprint density at radius 3 is 2.62 bits per heavy atom. The topological polar surface area (TPSA) is 52.5 Å². The van der Waals surface area contributed by atoms with Crippen molar-refractivity contribution in [2.45, 2.75) is 84.0 Å². The fourth-order valence-corrected chi connectivity index (χ4v) is 7.21. The Morgan fingerprint density at radius 2 is 1.88 bits per heavy atom. The molecule has 0 aromatic carbocycles. The van der Waals surface area contributed by atoms with Gasteiger partial charge in [-0.1, -0.05) is 32.4 Å². The summed E-state index contributed by atoms with van der Waals surface area (Å²) in [5.74, 6) is 1.65. The molecule has 3 fully saturated rings. The van der Waals surface area contributed by atoms with Gasteiger partial charge in [0.1, 0.15) is 0 Å². The molecule has 3 nitrogen and oxygen atoms in total. The Labute approximate surface area is 146 Å². The number of hydrogen-bond donors (Lipinski definition) is 3. The van der Waals surface area contributed by atoms with Crippen molar-refractivity contribution in [2.24, 2.45) is 28.6 Å². The number of aliphatic hydroxyl groups excluding tert-OH is 2. The molecule has 0 saturated heterocycles. The van der Waals surface area contributed by atoms with E-state index in [1.165, 1.54) is 31.3 Å². The molecule has 8 atom stereocenters. The van der Waals surface area contributed by atoms with E-state index in [-0.39, 0.29) is 17.6 Å². The van der Waals surface area contributed by atoms with Crippen molar-refractivity contribution >= 4 is 0 Å². The highest BCUT2D eigenvalue weighted by atomic mass is 16.3. The van der Waals surface area contributed by atoms with Crippen molar-refractivity contribution in [2.75, 3.05) is 6.54 Å². The van der Waals surface area contributed by atoms with Crippen LogP contribution in [0.4, 0.5) is 0 Å². The summed E-state index contributed by atoms with van der Waals surface area (Å²) >= 11 is 0. The second kappa shape index (κ2) is 5.82. The van der Waals surface area contributed by atoms with Gasteiger partial charge in [-0.2, -0.15) is 0 Å². The zero-order chi connectivity index (χ0) is 17.1. The second-order valence-corrected chi connectivity index (χ2v) is 9.52. The molecular weight excluding hydrogens is 298 g/mol. The lowest BCUT2D eigenvalue weighted by Gasteiger charge is -2.59. The van der Waals surface area contributed by atoms with Gasteiger partial charge in [-0.25, -0.2) is 0 Å². The highest BCUT2D eigenvalue weighted by Crippen LogP contribution is 2.64. The first kappa shape index (κ1) is 17.1. The van der Waals surface area contributed by atoms with Crippen LogP contribution in [0.1, 0.15) is 65.7 Å². The Bertz CT molecular complexity index is 532. The average molecular weight is 334 g/mol. The van der Waals surface area contributed by atoms with Crippen LogP contribution in [0.5, 0.6) is 0 Å². The Kier molecular flexibility index (Phi) is 4.14. The smallest absolute Gasteiger partial charge is 0.0757 e. The van der Waals surface area contributed by atoms with Gasteiger partial charge in [0.2, 0.25) is 0 Å². The minimum absolute atomic E-state index is 0.202. The predicted molar refractivity (Wildman–Crippen MR) is 96.6 cm³/mol. The number of nitrogens with one attached hydrogen (secondary N) is 1. The molecule has 3 heteroatoms. The molecule has 4 aliphatic carbocycles. The summed E-state index contributed by atoms with van der Waals surface area (Å²) in [5, 5.41) is 24.9. The quantitative estimate of drug-likeness (QED) is 0.680. The van der Waals surface area contributed by atoms with Crippen molar-refractivity contribution in [3.8, 4) is 0 Å². The van der Waals surface area contributed by atoms with Crippen LogP contribution < -0.4 is 5.32 Å². The maximum Gasteiger partial charge on any atom is 0.0757 e. The molecule has 0 aromatic heterocycles. The normalized spacial score (nSPS) is 53.8. The summed E-state index contributed by atoms with van der Waals surface area (Å²) in [5.41, 5.74) is 1.90. The highest BCUT2D eigenvalue weighted by molar-refractivity contribution is 5.28. The molecular formula is C21H35NO2. The molecule has 4 rings (SSSR count). The Balaban J connectivity index is 1.68. The molecule has 0 aliphatic heterocycles. The van der Waals surface area contributed by atoms with Gasteiger partial charge in [-0.3, -0.25) is 0 Å². The second-order valence-electron chi connectivity index (χ2n) is 9.52. The van der Waals surface area contributed by atoms with Crippen molar-refractivity contribution in [1.29, 1.82) is 0 Å². The summed E-state index contributed by atoms with van der Waals surface area (Å²) in [4.78, 5) is 0. The largest absolute Gasteiger partial charge is 0.393 e. The summed E-state index contributed by atoms with van der Waals surface area (Å²) < 4.78 is 0. The first-order valence-electron chi connectivity index (χ1n) is 10.2. The molecule has 0 amide bonds. The van der Waals surface area contributed by atoms with Gasteiger partial charge >= 0.3 is 0 Å². The van der Waals surface area contributed by atoms with E-state index in [1.807, 2.05) is 0 Å². The molecule has 3 unspecified atom stereocenters. The van der Waals surface area contributed by atoms with Crippen LogP contribution in [0, 0.1) is 28.6 Å². The van der Waals surface area contributed by atoms with Crippen LogP contribution in [0.15, 0.2) is 11.6 Å². The Hall–Kier alpha value is -0.380. The molecule has 0 aromatic rings.